The molecule has 1 saturated heterocycles. The molecule has 1 heterocycles. The maximum Gasteiger partial charge on any atom is 0.294 e. The lowest BCUT2D eigenvalue weighted by Crippen LogP contribution is -2.36. The van der Waals surface area contributed by atoms with Crippen LogP contribution in [0.2, 0.25) is 5.02 Å². The molecular weight excluding hydrogens is 479 g/mol. The van der Waals surface area contributed by atoms with Gasteiger partial charge < -0.3 is 10.1 Å². The SMILES string of the molecule is O=C(CN1C(=O)S/C(=C/c2ccccc2OCc2ccc(Cl)cc2)C1=O)Nc1cccc(F)c1. The molecule has 1 fully saturated rings. The Balaban J connectivity index is 1.44. The first kappa shape index (κ1) is 23.5. The molecule has 9 heteroatoms. The van der Waals surface area contributed by atoms with Gasteiger partial charge in [-0.2, -0.15) is 0 Å². The van der Waals surface area contributed by atoms with Crippen LogP contribution in [0.1, 0.15) is 11.1 Å². The average Bonchev–Trinajstić information content (AvgIpc) is 3.07. The molecule has 0 spiro atoms. The first-order valence-corrected chi connectivity index (χ1v) is 11.4. The van der Waals surface area contributed by atoms with E-state index in [1.54, 1.807) is 42.5 Å². The molecule has 0 bridgehead atoms. The van der Waals surface area contributed by atoms with Gasteiger partial charge in [-0.25, -0.2) is 4.39 Å². The number of hydrogen-bond donors (Lipinski definition) is 1. The first-order chi connectivity index (χ1) is 16.4. The Labute approximate surface area is 204 Å². The number of carbonyl (C=O) groups is 3. The van der Waals surface area contributed by atoms with Crippen LogP contribution in [0.5, 0.6) is 5.75 Å². The molecule has 6 nitrogen and oxygen atoms in total. The number of carbonyl (C=O) groups excluding carboxylic acids is 3. The zero-order valence-electron chi connectivity index (χ0n) is 17.7. The summed E-state index contributed by atoms with van der Waals surface area (Å²) in [6.45, 7) is -0.184. The summed E-state index contributed by atoms with van der Waals surface area (Å²) in [5, 5.41) is 2.54. The molecule has 3 amide bonds. The first-order valence-electron chi connectivity index (χ1n) is 10.2. The molecule has 34 heavy (non-hydrogen) atoms. The number of nitrogens with one attached hydrogen (secondary N) is 1. The fourth-order valence-electron chi connectivity index (χ4n) is 3.16. The largest absolute Gasteiger partial charge is 0.488 e. The monoisotopic (exact) mass is 496 g/mol. The third-order valence-corrected chi connectivity index (χ3v) is 5.96. The van der Waals surface area contributed by atoms with Gasteiger partial charge >= 0.3 is 0 Å². The van der Waals surface area contributed by atoms with Crippen molar-refractivity contribution < 1.29 is 23.5 Å². The number of halogens is 2. The van der Waals surface area contributed by atoms with Crippen LogP contribution in [0.4, 0.5) is 14.9 Å². The van der Waals surface area contributed by atoms with Gasteiger partial charge in [-0.15, -0.1) is 0 Å². The molecule has 0 aromatic heterocycles. The van der Waals surface area contributed by atoms with Gasteiger partial charge in [0.15, 0.2) is 0 Å². The highest BCUT2D eigenvalue weighted by Gasteiger charge is 2.36. The van der Waals surface area contributed by atoms with E-state index in [-0.39, 0.29) is 10.6 Å². The summed E-state index contributed by atoms with van der Waals surface area (Å²) in [5.74, 6) is -1.17. The minimum atomic E-state index is -0.610. The van der Waals surface area contributed by atoms with E-state index in [1.165, 1.54) is 18.2 Å². The van der Waals surface area contributed by atoms with E-state index in [0.717, 1.165) is 28.3 Å². The van der Waals surface area contributed by atoms with Gasteiger partial charge in [0.1, 0.15) is 24.7 Å². The van der Waals surface area contributed by atoms with Crippen LogP contribution in [0.3, 0.4) is 0 Å². The summed E-state index contributed by atoms with van der Waals surface area (Å²) in [6.07, 6.45) is 1.56. The number of benzene rings is 3. The molecule has 0 aliphatic carbocycles. The molecule has 0 atom stereocenters. The fraction of sp³-hybridized carbons (Fsp3) is 0.0800. The van der Waals surface area contributed by atoms with Crippen molar-refractivity contribution in [2.45, 2.75) is 6.61 Å². The standard InChI is InChI=1S/C25H18ClFN2O4S/c26-18-10-8-16(9-11-18)15-33-21-7-2-1-4-17(21)12-22-24(31)29(25(32)34-22)14-23(30)28-20-6-3-5-19(27)13-20/h1-13H,14-15H2,(H,28,30)/b22-12+. The molecule has 3 aromatic rings. The lowest BCUT2D eigenvalue weighted by Gasteiger charge is -2.12. The number of anilines is 1. The second-order valence-corrected chi connectivity index (χ2v) is 8.71. The van der Waals surface area contributed by atoms with Gasteiger partial charge in [-0.05, 0) is 59.8 Å². The Hall–Kier alpha value is -3.62. The number of thioether (sulfide) groups is 1. The highest BCUT2D eigenvalue weighted by atomic mass is 35.5. The van der Waals surface area contributed by atoms with Crippen molar-refractivity contribution in [3.05, 3.63) is 99.7 Å². The Morgan fingerprint density at radius 3 is 2.59 bits per heavy atom. The van der Waals surface area contributed by atoms with Crippen molar-refractivity contribution in [1.29, 1.82) is 0 Å². The van der Waals surface area contributed by atoms with Gasteiger partial charge in [0, 0.05) is 16.3 Å². The molecule has 1 aliphatic rings. The lowest BCUT2D eigenvalue weighted by atomic mass is 10.1. The second kappa shape index (κ2) is 10.5. The lowest BCUT2D eigenvalue weighted by molar-refractivity contribution is -0.127. The Morgan fingerprint density at radius 1 is 1.06 bits per heavy atom. The molecule has 172 valence electrons. The number of nitrogens with zero attached hydrogens (tertiary/aromatic N) is 1. The van der Waals surface area contributed by atoms with Crippen LogP contribution >= 0.6 is 23.4 Å². The van der Waals surface area contributed by atoms with Crippen LogP contribution in [-0.4, -0.2) is 28.5 Å². The molecule has 3 aromatic carbocycles. The third kappa shape index (κ3) is 5.84. The van der Waals surface area contributed by atoms with Crippen LogP contribution < -0.4 is 10.1 Å². The molecule has 0 saturated carbocycles. The second-order valence-electron chi connectivity index (χ2n) is 7.28. The molecule has 0 radical (unpaired) electrons. The van der Waals surface area contributed by atoms with Gasteiger partial charge in [0.05, 0.1) is 4.91 Å². The van der Waals surface area contributed by atoms with Crippen LogP contribution in [0.25, 0.3) is 6.08 Å². The molecular formula is C25H18ClFN2O4S. The highest BCUT2D eigenvalue weighted by molar-refractivity contribution is 8.18. The van der Waals surface area contributed by atoms with Crippen molar-refractivity contribution in [2.75, 3.05) is 11.9 Å². The Morgan fingerprint density at radius 2 is 1.82 bits per heavy atom. The number of imide groups is 1. The van der Waals surface area contributed by atoms with Gasteiger partial charge in [-0.1, -0.05) is 48.0 Å². The minimum absolute atomic E-state index is 0.172. The number of rotatable bonds is 7. The van der Waals surface area contributed by atoms with Crippen LogP contribution in [0.15, 0.2) is 77.7 Å². The number of hydrogen-bond acceptors (Lipinski definition) is 5. The quantitative estimate of drug-likeness (QED) is 0.422. The summed E-state index contributed by atoms with van der Waals surface area (Å²) < 4.78 is 19.2. The maximum atomic E-state index is 13.3. The van der Waals surface area contributed by atoms with Crippen molar-refractivity contribution in [1.82, 2.24) is 4.90 Å². The van der Waals surface area contributed by atoms with Gasteiger partial charge in [0.2, 0.25) is 5.91 Å². The Bertz CT molecular complexity index is 1280. The summed E-state index contributed by atoms with van der Waals surface area (Å²) in [7, 11) is 0. The zero-order valence-corrected chi connectivity index (χ0v) is 19.2. The van der Waals surface area contributed by atoms with E-state index in [1.807, 2.05) is 12.1 Å². The van der Waals surface area contributed by atoms with Crippen molar-refractivity contribution in [3.8, 4) is 5.75 Å². The van der Waals surface area contributed by atoms with E-state index < -0.39 is 29.4 Å². The van der Waals surface area contributed by atoms with E-state index in [2.05, 4.69) is 5.32 Å². The maximum absolute atomic E-state index is 13.3. The predicted molar refractivity (Wildman–Crippen MR) is 130 cm³/mol. The van der Waals surface area contributed by atoms with Crippen molar-refractivity contribution in [2.24, 2.45) is 0 Å². The molecule has 1 N–H and O–H groups in total. The predicted octanol–water partition coefficient (Wildman–Crippen LogP) is 5.73. The fourth-order valence-corrected chi connectivity index (χ4v) is 4.12. The summed E-state index contributed by atoms with van der Waals surface area (Å²) in [4.78, 5) is 38.5. The molecule has 1 aliphatic heterocycles. The number of para-hydroxylation sites is 1. The molecule has 0 unspecified atom stereocenters. The third-order valence-electron chi connectivity index (χ3n) is 4.80. The van der Waals surface area contributed by atoms with Gasteiger partial charge in [0.25, 0.3) is 11.1 Å². The van der Waals surface area contributed by atoms with E-state index in [0.29, 0.717) is 22.9 Å². The van der Waals surface area contributed by atoms with Crippen molar-refractivity contribution >= 4 is 52.2 Å². The van der Waals surface area contributed by atoms with Gasteiger partial charge in [-0.3, -0.25) is 19.3 Å². The number of ether oxygens (including phenoxy) is 1. The van der Waals surface area contributed by atoms with E-state index in [9.17, 15) is 18.8 Å². The summed E-state index contributed by atoms with van der Waals surface area (Å²) in [6, 6.07) is 19.7. The number of amides is 3. The topological polar surface area (TPSA) is 75.7 Å². The van der Waals surface area contributed by atoms with Crippen molar-refractivity contribution in [3.63, 3.8) is 0 Å². The zero-order chi connectivity index (χ0) is 24.1. The minimum Gasteiger partial charge on any atom is -0.488 e. The van der Waals surface area contributed by atoms with Crippen LogP contribution in [0, 0.1) is 5.82 Å². The Kier molecular flexibility index (Phi) is 7.30. The smallest absolute Gasteiger partial charge is 0.294 e. The summed E-state index contributed by atoms with van der Waals surface area (Å²) >= 11 is 6.65. The highest BCUT2D eigenvalue weighted by Crippen LogP contribution is 2.34. The van der Waals surface area contributed by atoms with E-state index in [4.69, 9.17) is 16.3 Å². The molecule has 4 rings (SSSR count). The summed E-state index contributed by atoms with van der Waals surface area (Å²) in [5.41, 5.74) is 1.77. The normalized spacial score (nSPS) is 14.5. The average molecular weight is 497 g/mol. The van der Waals surface area contributed by atoms with Crippen LogP contribution in [-0.2, 0) is 16.2 Å². The van der Waals surface area contributed by atoms with E-state index >= 15 is 0 Å².